The molecule has 2 saturated heterocycles. The van der Waals surface area contributed by atoms with Crippen LogP contribution in [0.1, 0.15) is 12.0 Å². The molecule has 2 fully saturated rings. The molecule has 1 aromatic carbocycles. The Bertz CT molecular complexity index is 716. The Morgan fingerprint density at radius 3 is 2.54 bits per heavy atom. The number of hydrogen-bond donors (Lipinski definition) is 0. The van der Waals surface area contributed by atoms with E-state index in [9.17, 15) is 13.2 Å². The van der Waals surface area contributed by atoms with Crippen molar-refractivity contribution in [3.8, 4) is 5.75 Å². The van der Waals surface area contributed by atoms with E-state index in [1.54, 1.807) is 0 Å². The number of sulfone groups is 1. The third-order valence-corrected chi connectivity index (χ3v) is 7.02. The van der Waals surface area contributed by atoms with E-state index in [-0.39, 0.29) is 17.7 Å². The van der Waals surface area contributed by atoms with Gasteiger partial charge in [0.1, 0.15) is 5.75 Å². The largest absolute Gasteiger partial charge is 0.480 e. The van der Waals surface area contributed by atoms with Crippen molar-refractivity contribution in [2.45, 2.75) is 25.0 Å². The van der Waals surface area contributed by atoms with E-state index in [0.29, 0.717) is 25.3 Å². The van der Waals surface area contributed by atoms with E-state index in [2.05, 4.69) is 4.90 Å². The summed E-state index contributed by atoms with van der Waals surface area (Å²) >= 11 is 0. The second-order valence-electron chi connectivity index (χ2n) is 6.84. The van der Waals surface area contributed by atoms with Crippen LogP contribution in [0.4, 0.5) is 0 Å². The third-order valence-electron chi connectivity index (χ3n) is 5.27. The fraction of sp³-hybridized carbons (Fsp3) is 0.588. The number of para-hydroxylation sites is 1. The van der Waals surface area contributed by atoms with E-state index < -0.39 is 15.9 Å². The zero-order chi connectivity index (χ0) is 16.7. The number of nitrogens with zero attached hydrogens (tertiary/aromatic N) is 2. The summed E-state index contributed by atoms with van der Waals surface area (Å²) in [6, 6.07) is 7.91. The van der Waals surface area contributed by atoms with E-state index in [1.807, 2.05) is 29.2 Å². The fourth-order valence-electron chi connectivity index (χ4n) is 3.89. The Kier molecular flexibility index (Phi) is 4.00. The molecule has 4 rings (SSSR count). The van der Waals surface area contributed by atoms with Crippen LogP contribution in [-0.4, -0.2) is 74.0 Å². The number of hydrogen-bond acceptors (Lipinski definition) is 5. The Morgan fingerprint density at radius 1 is 1.12 bits per heavy atom. The summed E-state index contributed by atoms with van der Waals surface area (Å²) in [6.45, 7) is 2.77. The second-order valence-corrected chi connectivity index (χ2v) is 9.07. The molecule has 0 spiro atoms. The van der Waals surface area contributed by atoms with Gasteiger partial charge in [0.25, 0.3) is 5.91 Å². The lowest BCUT2D eigenvalue weighted by atomic mass is 10.1. The SMILES string of the molecule is O=C([C@H]1Cc2ccccc2O1)N1CCN([C@H]2CCS(=O)(=O)C2)CC1. The summed E-state index contributed by atoms with van der Waals surface area (Å²) in [5.41, 5.74) is 1.09. The highest BCUT2D eigenvalue weighted by molar-refractivity contribution is 7.91. The number of amides is 1. The molecule has 24 heavy (non-hydrogen) atoms. The van der Waals surface area contributed by atoms with E-state index >= 15 is 0 Å². The summed E-state index contributed by atoms with van der Waals surface area (Å²) in [7, 11) is -2.86. The van der Waals surface area contributed by atoms with Crippen molar-refractivity contribution in [1.82, 2.24) is 9.80 Å². The Balaban J connectivity index is 1.33. The molecule has 0 N–H and O–H groups in total. The number of ether oxygens (including phenoxy) is 1. The molecule has 1 amide bonds. The molecule has 0 saturated carbocycles. The topological polar surface area (TPSA) is 66.9 Å². The average Bonchev–Trinajstić information content (AvgIpc) is 3.17. The van der Waals surface area contributed by atoms with Crippen molar-refractivity contribution in [2.24, 2.45) is 0 Å². The second kappa shape index (κ2) is 6.04. The maximum atomic E-state index is 12.7. The number of piperazine rings is 1. The van der Waals surface area contributed by atoms with Gasteiger partial charge >= 0.3 is 0 Å². The molecular formula is C17H22N2O4S. The van der Waals surface area contributed by atoms with Crippen LogP contribution in [-0.2, 0) is 21.1 Å². The van der Waals surface area contributed by atoms with E-state index in [0.717, 1.165) is 30.8 Å². The van der Waals surface area contributed by atoms with Crippen molar-refractivity contribution in [3.63, 3.8) is 0 Å². The Morgan fingerprint density at radius 2 is 1.88 bits per heavy atom. The lowest BCUT2D eigenvalue weighted by Crippen LogP contribution is -2.54. The van der Waals surface area contributed by atoms with Crippen LogP contribution in [0.25, 0.3) is 0 Å². The maximum Gasteiger partial charge on any atom is 0.264 e. The minimum atomic E-state index is -2.86. The number of fused-ring (bicyclic) bond motifs is 1. The number of carbonyl (C=O) groups excluding carboxylic acids is 1. The van der Waals surface area contributed by atoms with Crippen LogP contribution < -0.4 is 4.74 Å². The van der Waals surface area contributed by atoms with Crippen LogP contribution in [0.2, 0.25) is 0 Å². The fourth-order valence-corrected chi connectivity index (χ4v) is 5.66. The zero-order valence-electron chi connectivity index (χ0n) is 13.6. The number of carbonyl (C=O) groups is 1. The summed E-state index contributed by atoms with van der Waals surface area (Å²) in [6.07, 6.45) is 0.939. The number of benzene rings is 1. The number of rotatable bonds is 2. The van der Waals surface area contributed by atoms with Crippen molar-refractivity contribution < 1.29 is 17.9 Å². The van der Waals surface area contributed by atoms with Gasteiger partial charge in [-0.05, 0) is 18.1 Å². The molecule has 0 radical (unpaired) electrons. The molecule has 0 bridgehead atoms. The highest BCUT2D eigenvalue weighted by atomic mass is 32.2. The first-order valence-electron chi connectivity index (χ1n) is 8.50. The molecule has 130 valence electrons. The molecule has 0 aromatic heterocycles. The molecule has 2 atom stereocenters. The monoisotopic (exact) mass is 350 g/mol. The maximum absolute atomic E-state index is 12.7. The molecule has 0 unspecified atom stereocenters. The predicted octanol–water partition coefficient (Wildman–Crippen LogP) is 0.321. The van der Waals surface area contributed by atoms with Gasteiger partial charge in [-0.1, -0.05) is 18.2 Å². The zero-order valence-corrected chi connectivity index (χ0v) is 14.4. The van der Waals surface area contributed by atoms with Gasteiger partial charge in [-0.15, -0.1) is 0 Å². The van der Waals surface area contributed by atoms with Gasteiger partial charge in [-0.3, -0.25) is 9.69 Å². The van der Waals surface area contributed by atoms with Gasteiger partial charge in [0, 0.05) is 38.6 Å². The summed E-state index contributed by atoms with van der Waals surface area (Å²) in [5, 5.41) is 0. The molecular weight excluding hydrogens is 328 g/mol. The molecule has 7 heteroatoms. The smallest absolute Gasteiger partial charge is 0.264 e. The summed E-state index contributed by atoms with van der Waals surface area (Å²) < 4.78 is 29.1. The van der Waals surface area contributed by atoms with Gasteiger partial charge < -0.3 is 9.64 Å². The first-order chi connectivity index (χ1) is 11.5. The first-order valence-corrected chi connectivity index (χ1v) is 10.3. The first kappa shape index (κ1) is 15.9. The molecule has 0 aliphatic carbocycles. The van der Waals surface area contributed by atoms with Gasteiger partial charge in [-0.2, -0.15) is 0 Å². The quantitative estimate of drug-likeness (QED) is 0.769. The Hall–Kier alpha value is -1.60. The standard InChI is InChI=1S/C17H22N2O4S/c20-17(16-11-13-3-1-2-4-15(13)23-16)19-8-6-18(7-9-19)14-5-10-24(21,22)12-14/h1-4,14,16H,5-12H2/t14-,16+/m0/s1. The lowest BCUT2D eigenvalue weighted by Gasteiger charge is -2.38. The molecule has 3 aliphatic rings. The van der Waals surface area contributed by atoms with Crippen molar-refractivity contribution >= 4 is 15.7 Å². The van der Waals surface area contributed by atoms with Gasteiger partial charge in [0.05, 0.1) is 11.5 Å². The minimum absolute atomic E-state index is 0.0462. The van der Waals surface area contributed by atoms with Crippen LogP contribution in [0.15, 0.2) is 24.3 Å². The molecule has 6 nitrogen and oxygen atoms in total. The van der Waals surface area contributed by atoms with Crippen LogP contribution in [0, 0.1) is 0 Å². The van der Waals surface area contributed by atoms with Crippen LogP contribution in [0.3, 0.4) is 0 Å². The highest BCUT2D eigenvalue weighted by Crippen LogP contribution is 2.29. The van der Waals surface area contributed by atoms with Crippen molar-refractivity contribution in [3.05, 3.63) is 29.8 Å². The van der Waals surface area contributed by atoms with Crippen molar-refractivity contribution in [2.75, 3.05) is 37.7 Å². The normalized spacial score (nSPS) is 29.2. The minimum Gasteiger partial charge on any atom is -0.480 e. The average molecular weight is 350 g/mol. The summed E-state index contributed by atoms with van der Waals surface area (Å²) in [4.78, 5) is 16.8. The lowest BCUT2D eigenvalue weighted by molar-refractivity contribution is -0.140. The van der Waals surface area contributed by atoms with Crippen LogP contribution >= 0.6 is 0 Å². The van der Waals surface area contributed by atoms with E-state index in [4.69, 9.17) is 4.74 Å². The van der Waals surface area contributed by atoms with E-state index in [1.165, 1.54) is 0 Å². The van der Waals surface area contributed by atoms with Gasteiger partial charge in [0.15, 0.2) is 15.9 Å². The summed E-state index contributed by atoms with van der Waals surface area (Å²) in [5.74, 6) is 1.42. The van der Waals surface area contributed by atoms with Crippen molar-refractivity contribution in [1.29, 1.82) is 0 Å². The highest BCUT2D eigenvalue weighted by Gasteiger charge is 2.37. The Labute approximate surface area is 142 Å². The third kappa shape index (κ3) is 3.02. The molecule has 3 heterocycles. The predicted molar refractivity (Wildman–Crippen MR) is 89.8 cm³/mol. The van der Waals surface area contributed by atoms with Gasteiger partial charge in [0.2, 0.25) is 0 Å². The van der Waals surface area contributed by atoms with Gasteiger partial charge in [-0.25, -0.2) is 8.42 Å². The molecule has 1 aromatic rings. The molecule has 3 aliphatic heterocycles. The van der Waals surface area contributed by atoms with Crippen LogP contribution in [0.5, 0.6) is 5.75 Å².